The van der Waals surface area contributed by atoms with E-state index in [1.165, 1.54) is 4.72 Å². The second-order valence-electron chi connectivity index (χ2n) is 2.12. The zero-order chi connectivity index (χ0) is 10.5. The Bertz CT molecular complexity index is 243. The van der Waals surface area contributed by atoms with Gasteiger partial charge in [-0.3, -0.25) is 0 Å². The maximum Gasteiger partial charge on any atom is 0.402 e. The first-order valence-electron chi connectivity index (χ1n) is 3.28. The quantitative estimate of drug-likeness (QED) is 0.612. The Balaban J connectivity index is 0. The minimum Gasteiger partial charge on any atom is -0.329 e. The van der Waals surface area contributed by atoms with Crippen molar-refractivity contribution in [2.75, 3.05) is 19.6 Å². The Morgan fingerprint density at radius 2 is 1.71 bits per heavy atom. The summed E-state index contributed by atoms with van der Waals surface area (Å²) in [6.07, 6.45) is -4.56. The van der Waals surface area contributed by atoms with Gasteiger partial charge in [-0.1, -0.05) is 0 Å². The third kappa shape index (κ3) is 9.99. The molecule has 88 valence electrons. The van der Waals surface area contributed by atoms with Gasteiger partial charge in [-0.2, -0.15) is 26.3 Å². The molecule has 14 heavy (non-hydrogen) atoms. The summed E-state index contributed by atoms with van der Waals surface area (Å²) in [5.41, 5.74) is 4.94. The van der Waals surface area contributed by atoms with Crippen molar-refractivity contribution in [3.8, 4) is 0 Å². The van der Waals surface area contributed by atoms with Crippen LogP contribution < -0.4 is 15.2 Å². The summed E-state index contributed by atoms with van der Waals surface area (Å²) >= 11 is 0. The fourth-order valence-electron chi connectivity index (χ4n) is 0.421. The lowest BCUT2D eigenvalue weighted by Crippen LogP contribution is -2.42. The van der Waals surface area contributed by atoms with E-state index in [0.717, 1.165) is 0 Å². The second kappa shape index (κ2) is 6.40. The normalized spacial score (nSPS) is 12.3. The molecule has 0 atom stereocenters. The molecule has 0 heterocycles. The molecule has 4 N–H and O–H groups in total. The summed E-state index contributed by atoms with van der Waals surface area (Å²) < 4.78 is 59.0. The third-order valence-corrected chi connectivity index (χ3v) is 2.01. The molecule has 0 aliphatic rings. The minimum absolute atomic E-state index is 0. The van der Waals surface area contributed by atoms with Gasteiger partial charge >= 0.3 is 6.18 Å². The molecule has 10 heteroatoms. The number of nitrogens with one attached hydrogen (secondary N) is 2. The van der Waals surface area contributed by atoms with E-state index in [1.54, 1.807) is 0 Å². The molecule has 0 bridgehead atoms. The summed E-state index contributed by atoms with van der Waals surface area (Å²) in [5.74, 6) is 0. The van der Waals surface area contributed by atoms with Gasteiger partial charge in [0.2, 0.25) is 0 Å². The Hall–Kier alpha value is -0.0900. The fourth-order valence-corrected chi connectivity index (χ4v) is 1.26. The molecular formula is C4H11ClF3N3O2S. The molecule has 0 aromatic rings. The van der Waals surface area contributed by atoms with Crippen LogP contribution in [0.4, 0.5) is 13.2 Å². The fraction of sp³-hybridized carbons (Fsp3) is 1.00. The van der Waals surface area contributed by atoms with Crippen molar-refractivity contribution in [3.63, 3.8) is 0 Å². The number of alkyl halides is 3. The predicted molar refractivity (Wildman–Crippen MR) is 47.3 cm³/mol. The van der Waals surface area contributed by atoms with Crippen LogP contribution in [0.2, 0.25) is 0 Å². The zero-order valence-corrected chi connectivity index (χ0v) is 8.60. The van der Waals surface area contributed by atoms with Gasteiger partial charge in [-0.15, -0.1) is 12.4 Å². The van der Waals surface area contributed by atoms with Crippen molar-refractivity contribution in [2.45, 2.75) is 6.18 Å². The highest BCUT2D eigenvalue weighted by molar-refractivity contribution is 7.87. The highest BCUT2D eigenvalue weighted by atomic mass is 35.5. The first kappa shape index (κ1) is 16.3. The Morgan fingerprint density at radius 3 is 2.07 bits per heavy atom. The number of hydrogen-bond acceptors (Lipinski definition) is 3. The van der Waals surface area contributed by atoms with E-state index in [4.69, 9.17) is 5.73 Å². The lowest BCUT2D eigenvalue weighted by Gasteiger charge is -2.09. The molecular weight excluding hydrogens is 247 g/mol. The predicted octanol–water partition coefficient (Wildman–Crippen LogP) is -0.647. The maximum atomic E-state index is 11.5. The van der Waals surface area contributed by atoms with Crippen LogP contribution in [0.3, 0.4) is 0 Å². The second-order valence-corrected chi connectivity index (χ2v) is 3.71. The van der Waals surface area contributed by atoms with E-state index in [1.807, 2.05) is 4.72 Å². The number of nitrogens with two attached hydrogens (primary N) is 1. The van der Waals surface area contributed by atoms with Crippen molar-refractivity contribution in [1.82, 2.24) is 9.44 Å². The highest BCUT2D eigenvalue weighted by Crippen LogP contribution is 2.12. The Morgan fingerprint density at radius 1 is 1.21 bits per heavy atom. The molecule has 0 amide bonds. The number of rotatable bonds is 5. The standard InChI is InChI=1S/C4H10F3N3O2S.ClH/c5-4(6,7)3-10-13(11,12)9-2-1-8;/h9-10H,1-3,8H2;1H. The van der Waals surface area contributed by atoms with Crippen LogP contribution >= 0.6 is 12.4 Å². The lowest BCUT2D eigenvalue weighted by atomic mass is 10.7. The monoisotopic (exact) mass is 257 g/mol. The van der Waals surface area contributed by atoms with Crippen LogP contribution in [0.5, 0.6) is 0 Å². The molecule has 0 saturated carbocycles. The maximum absolute atomic E-state index is 11.5. The van der Waals surface area contributed by atoms with Crippen molar-refractivity contribution < 1.29 is 21.6 Å². The molecule has 0 radical (unpaired) electrons. The Kier molecular flexibility index (Phi) is 7.48. The minimum atomic E-state index is -4.56. The van der Waals surface area contributed by atoms with E-state index in [9.17, 15) is 21.6 Å². The first-order chi connectivity index (χ1) is 5.77. The van der Waals surface area contributed by atoms with Gasteiger partial charge in [0.15, 0.2) is 0 Å². The van der Waals surface area contributed by atoms with Crippen molar-refractivity contribution in [3.05, 3.63) is 0 Å². The molecule has 0 saturated heterocycles. The van der Waals surface area contributed by atoms with Gasteiger partial charge in [0.05, 0.1) is 0 Å². The van der Waals surface area contributed by atoms with Crippen LogP contribution in [0, 0.1) is 0 Å². The first-order valence-corrected chi connectivity index (χ1v) is 4.76. The zero-order valence-electron chi connectivity index (χ0n) is 6.97. The molecule has 0 unspecified atom stereocenters. The van der Waals surface area contributed by atoms with Crippen molar-refractivity contribution >= 4 is 22.6 Å². The summed E-state index contributed by atoms with van der Waals surface area (Å²) in [5, 5.41) is 0. The van der Waals surface area contributed by atoms with Crippen molar-refractivity contribution in [2.24, 2.45) is 5.73 Å². The van der Waals surface area contributed by atoms with Gasteiger partial charge in [0, 0.05) is 13.1 Å². The van der Waals surface area contributed by atoms with Gasteiger partial charge in [0.25, 0.3) is 10.2 Å². The molecule has 0 fully saturated rings. The largest absolute Gasteiger partial charge is 0.402 e. The van der Waals surface area contributed by atoms with Gasteiger partial charge in [0.1, 0.15) is 6.54 Å². The smallest absolute Gasteiger partial charge is 0.329 e. The van der Waals surface area contributed by atoms with E-state index in [0.29, 0.717) is 0 Å². The highest BCUT2D eigenvalue weighted by Gasteiger charge is 2.29. The van der Waals surface area contributed by atoms with Gasteiger partial charge < -0.3 is 5.73 Å². The topological polar surface area (TPSA) is 84.2 Å². The van der Waals surface area contributed by atoms with Crippen LogP contribution in [-0.2, 0) is 10.2 Å². The van der Waals surface area contributed by atoms with Crippen LogP contribution in [0.25, 0.3) is 0 Å². The summed E-state index contributed by atoms with van der Waals surface area (Å²) in [6, 6.07) is 0. The lowest BCUT2D eigenvalue weighted by molar-refractivity contribution is -0.121. The Labute approximate surface area is 85.8 Å². The number of halogens is 4. The molecule has 0 spiro atoms. The summed E-state index contributed by atoms with van der Waals surface area (Å²) in [6.45, 7) is -1.67. The van der Waals surface area contributed by atoms with Crippen LogP contribution in [0.1, 0.15) is 0 Å². The van der Waals surface area contributed by atoms with Gasteiger partial charge in [-0.05, 0) is 0 Å². The van der Waals surface area contributed by atoms with E-state index < -0.39 is 22.9 Å². The van der Waals surface area contributed by atoms with Gasteiger partial charge in [-0.25, -0.2) is 4.72 Å². The number of hydrogen-bond donors (Lipinski definition) is 3. The SMILES string of the molecule is Cl.NCCNS(=O)(=O)NCC(F)(F)F. The van der Waals surface area contributed by atoms with E-state index >= 15 is 0 Å². The molecule has 5 nitrogen and oxygen atoms in total. The van der Waals surface area contributed by atoms with Crippen LogP contribution in [0.15, 0.2) is 0 Å². The summed E-state index contributed by atoms with van der Waals surface area (Å²) in [4.78, 5) is 0. The third-order valence-electron chi connectivity index (χ3n) is 0.899. The van der Waals surface area contributed by atoms with Crippen molar-refractivity contribution in [1.29, 1.82) is 0 Å². The average molecular weight is 258 g/mol. The van der Waals surface area contributed by atoms with E-state index in [2.05, 4.69) is 0 Å². The van der Waals surface area contributed by atoms with E-state index in [-0.39, 0.29) is 25.5 Å². The molecule has 0 aliphatic heterocycles. The average Bonchev–Trinajstić information content (AvgIpc) is 1.97. The summed E-state index contributed by atoms with van der Waals surface area (Å²) in [7, 11) is -4.08. The molecule has 0 aromatic carbocycles. The molecule has 0 rings (SSSR count). The van der Waals surface area contributed by atoms with Crippen LogP contribution in [-0.4, -0.2) is 34.2 Å². The molecule has 0 aromatic heterocycles. The molecule has 0 aliphatic carbocycles.